The van der Waals surface area contributed by atoms with E-state index in [1.807, 2.05) is 6.92 Å². The molecule has 0 aliphatic carbocycles. The van der Waals surface area contributed by atoms with Crippen LogP contribution in [0.5, 0.6) is 0 Å². The molecule has 0 aliphatic rings. The Morgan fingerprint density at radius 2 is 1.33 bits per heavy atom. The molecule has 3 rings (SSSR count). The third-order valence-electron chi connectivity index (χ3n) is 4.34. The summed E-state index contributed by atoms with van der Waals surface area (Å²) < 4.78 is 26.7. The summed E-state index contributed by atoms with van der Waals surface area (Å²) in [5, 5.41) is 10.8. The monoisotopic (exact) mass is 420 g/mol. The molecular weight excluding hydrogens is 400 g/mol. The Labute approximate surface area is 174 Å². The van der Waals surface area contributed by atoms with Crippen molar-refractivity contribution in [1.29, 1.82) is 0 Å². The first-order valence-corrected chi connectivity index (χ1v) is 10.5. The molecule has 3 aromatic carbocycles. The van der Waals surface area contributed by atoms with Crippen molar-refractivity contribution < 1.29 is 18.3 Å². The van der Waals surface area contributed by atoms with E-state index in [-0.39, 0.29) is 16.0 Å². The van der Waals surface area contributed by atoms with E-state index in [0.29, 0.717) is 0 Å². The van der Waals surface area contributed by atoms with Gasteiger partial charge in [0.2, 0.25) is 9.84 Å². The normalized spacial score (nSPS) is 12.9. The Balaban J connectivity index is 2.19. The highest BCUT2D eigenvalue weighted by atomic mass is 32.2. The van der Waals surface area contributed by atoms with Crippen molar-refractivity contribution in [3.63, 3.8) is 0 Å². The molecule has 3 N–H and O–H groups in total. The number of carbonyl (C=O) groups is 1. The first kappa shape index (κ1) is 21.0. The summed E-state index contributed by atoms with van der Waals surface area (Å²) in [6, 6.07) is 22.3. The van der Waals surface area contributed by atoms with Crippen LogP contribution in [0.4, 0.5) is 0 Å². The number of aliphatic hydroxyl groups excluding tert-OH is 1. The zero-order chi connectivity index (χ0) is 21.7. The zero-order valence-corrected chi connectivity index (χ0v) is 17.0. The number of nitrogens with two attached hydrogens (primary N) is 1. The molecule has 152 valence electrons. The van der Waals surface area contributed by atoms with Gasteiger partial charge < -0.3 is 10.8 Å². The van der Waals surface area contributed by atoms with Crippen LogP contribution >= 0.6 is 0 Å². The Morgan fingerprint density at radius 1 is 0.833 bits per heavy atom. The molecule has 1 amide bonds. The number of rotatable bonds is 5. The minimum absolute atomic E-state index is 0.0732. The second-order valence-corrected chi connectivity index (χ2v) is 8.41. The number of hydrogen-bond donors (Lipinski definition) is 2. The summed E-state index contributed by atoms with van der Waals surface area (Å²) in [6.45, 7) is 1.82. The van der Waals surface area contributed by atoms with Crippen molar-refractivity contribution in [2.24, 2.45) is 10.7 Å². The van der Waals surface area contributed by atoms with Crippen molar-refractivity contribution in [3.8, 4) is 0 Å². The third kappa shape index (κ3) is 4.47. The molecule has 0 aromatic heterocycles. The lowest BCUT2D eigenvalue weighted by atomic mass is 10.2. The smallest absolute Gasteiger partial charge is 0.278 e. The molecule has 30 heavy (non-hydrogen) atoms. The molecule has 0 fully saturated rings. The summed E-state index contributed by atoms with van der Waals surface area (Å²) in [5.41, 5.74) is 7.32. The van der Waals surface area contributed by atoms with Gasteiger partial charge in [-0.2, -0.15) is 4.99 Å². The van der Waals surface area contributed by atoms with Crippen molar-refractivity contribution in [1.82, 2.24) is 0 Å². The summed E-state index contributed by atoms with van der Waals surface area (Å²) in [7, 11) is -4.27. The maximum absolute atomic E-state index is 13.3. The average Bonchev–Trinajstić information content (AvgIpc) is 2.75. The van der Waals surface area contributed by atoms with Gasteiger partial charge in [0.25, 0.3) is 5.91 Å². The van der Waals surface area contributed by atoms with Crippen molar-refractivity contribution in [2.75, 3.05) is 0 Å². The molecule has 0 unspecified atom stereocenters. The second-order valence-electron chi connectivity index (χ2n) is 6.53. The van der Waals surface area contributed by atoms with Gasteiger partial charge in [-0.15, -0.1) is 0 Å². The summed E-state index contributed by atoms with van der Waals surface area (Å²) in [4.78, 5) is 15.5. The van der Waals surface area contributed by atoms with Crippen molar-refractivity contribution in [2.45, 2.75) is 11.8 Å². The fourth-order valence-electron chi connectivity index (χ4n) is 2.75. The molecule has 0 saturated carbocycles. The van der Waals surface area contributed by atoms with E-state index in [1.165, 1.54) is 36.4 Å². The summed E-state index contributed by atoms with van der Waals surface area (Å²) >= 11 is 0. The first-order chi connectivity index (χ1) is 14.3. The number of aliphatic hydroxyl groups is 1. The Morgan fingerprint density at radius 3 is 1.87 bits per heavy atom. The van der Waals surface area contributed by atoms with Gasteiger partial charge in [-0.1, -0.05) is 66.2 Å². The highest BCUT2D eigenvalue weighted by molar-refractivity contribution is 7.96. The third-order valence-corrected chi connectivity index (χ3v) is 6.17. The van der Waals surface area contributed by atoms with Gasteiger partial charge in [0.15, 0.2) is 10.7 Å². The first-order valence-electron chi connectivity index (χ1n) is 9.05. The van der Waals surface area contributed by atoms with Crippen LogP contribution in [-0.2, 0) is 9.84 Å². The highest BCUT2D eigenvalue weighted by Gasteiger charge is 2.29. The molecule has 0 aliphatic heterocycles. The van der Waals surface area contributed by atoms with Crippen LogP contribution in [0, 0.1) is 6.92 Å². The quantitative estimate of drug-likeness (QED) is 0.370. The topological polar surface area (TPSA) is 110 Å². The molecular formula is C23H20N2O4S. The average molecular weight is 420 g/mol. The predicted octanol–water partition coefficient (Wildman–Crippen LogP) is 3.89. The summed E-state index contributed by atoms with van der Waals surface area (Å²) in [6.07, 6.45) is 0. The molecule has 0 spiro atoms. The molecule has 3 aromatic rings. The molecule has 6 nitrogen and oxygen atoms in total. The van der Waals surface area contributed by atoms with E-state index in [0.717, 1.165) is 5.56 Å². The number of amidine groups is 1. The molecule has 7 heteroatoms. The van der Waals surface area contributed by atoms with Crippen LogP contribution in [0.2, 0.25) is 0 Å². The van der Waals surface area contributed by atoms with Gasteiger partial charge in [0, 0.05) is 11.1 Å². The molecule has 0 bridgehead atoms. The summed E-state index contributed by atoms with van der Waals surface area (Å²) in [5.74, 6) is -1.89. The van der Waals surface area contributed by atoms with E-state index < -0.39 is 32.2 Å². The maximum atomic E-state index is 13.3. The number of aryl methyl sites for hydroxylation is 1. The van der Waals surface area contributed by atoms with Crippen LogP contribution in [0.25, 0.3) is 5.76 Å². The molecule has 0 atom stereocenters. The van der Waals surface area contributed by atoms with E-state index >= 15 is 0 Å². The molecule has 0 heterocycles. The van der Waals surface area contributed by atoms with E-state index in [4.69, 9.17) is 5.73 Å². The fourth-order valence-corrected chi connectivity index (χ4v) is 4.18. The Kier molecular flexibility index (Phi) is 6.13. The Hall–Kier alpha value is -3.71. The van der Waals surface area contributed by atoms with Gasteiger partial charge in [0.05, 0.1) is 4.90 Å². The van der Waals surface area contributed by atoms with Crippen LogP contribution in [-0.4, -0.2) is 25.3 Å². The van der Waals surface area contributed by atoms with Gasteiger partial charge in [-0.05, 0) is 31.2 Å². The van der Waals surface area contributed by atoms with Gasteiger partial charge >= 0.3 is 0 Å². The van der Waals surface area contributed by atoms with E-state index in [1.54, 1.807) is 48.5 Å². The molecule has 0 radical (unpaired) electrons. The zero-order valence-electron chi connectivity index (χ0n) is 16.2. The minimum Gasteiger partial charge on any atom is -0.506 e. The largest absolute Gasteiger partial charge is 0.506 e. The van der Waals surface area contributed by atoms with Gasteiger partial charge in [-0.25, -0.2) is 8.42 Å². The van der Waals surface area contributed by atoms with Crippen LogP contribution in [0.1, 0.15) is 21.5 Å². The SMILES string of the molecule is Cc1ccc(S(=O)(=O)C(C(N)=NC(=O)c2ccccc2)=C(O)c2ccccc2)cc1. The number of hydrogen-bond acceptors (Lipinski definition) is 4. The molecule has 0 saturated heterocycles. The highest BCUT2D eigenvalue weighted by Crippen LogP contribution is 2.27. The van der Waals surface area contributed by atoms with Crippen LogP contribution < -0.4 is 5.73 Å². The lowest BCUT2D eigenvalue weighted by Gasteiger charge is -2.12. The predicted molar refractivity (Wildman–Crippen MR) is 117 cm³/mol. The van der Waals surface area contributed by atoms with Crippen LogP contribution in [0.3, 0.4) is 0 Å². The lowest BCUT2D eigenvalue weighted by molar-refractivity contribution is 0.100. The second kappa shape index (κ2) is 8.75. The number of benzene rings is 3. The maximum Gasteiger partial charge on any atom is 0.278 e. The van der Waals surface area contributed by atoms with E-state index in [9.17, 15) is 18.3 Å². The van der Waals surface area contributed by atoms with Gasteiger partial charge in [0.1, 0.15) is 5.76 Å². The fraction of sp³-hybridized carbons (Fsp3) is 0.0435. The van der Waals surface area contributed by atoms with E-state index in [2.05, 4.69) is 4.99 Å². The van der Waals surface area contributed by atoms with Gasteiger partial charge in [-0.3, -0.25) is 4.79 Å². The van der Waals surface area contributed by atoms with Crippen molar-refractivity contribution >= 4 is 27.3 Å². The minimum atomic E-state index is -4.27. The number of amides is 1. The number of sulfone groups is 1. The van der Waals surface area contributed by atoms with Crippen molar-refractivity contribution in [3.05, 3.63) is 107 Å². The number of nitrogens with zero attached hydrogens (tertiary/aromatic N) is 1. The lowest BCUT2D eigenvalue weighted by Crippen LogP contribution is -2.25. The Bertz CT molecular complexity index is 1220. The number of aliphatic imine (C=N–C) groups is 1. The standard InChI is InChI=1S/C23H20N2O4S/c1-16-12-14-19(15-13-16)30(28,29)21(20(26)17-8-4-2-5-9-17)22(24)25-23(27)18-10-6-3-7-11-18/h2-15,26H,1H3,(H2,24,25,27). The number of carbonyl (C=O) groups excluding carboxylic acids is 1. The van der Waals surface area contributed by atoms with Crippen LogP contribution in [0.15, 0.2) is 99.7 Å².